The van der Waals surface area contributed by atoms with E-state index in [1.165, 1.54) is 7.11 Å². The van der Waals surface area contributed by atoms with E-state index in [0.717, 1.165) is 18.4 Å². The van der Waals surface area contributed by atoms with Gasteiger partial charge in [0.25, 0.3) is 0 Å². The number of unbranched alkanes of at least 4 members (excludes halogenated alkanes) is 1. The zero-order valence-corrected chi connectivity index (χ0v) is 13.4. The smallest absolute Gasteiger partial charge is 0.329 e. The first kappa shape index (κ1) is 19.1. The van der Waals surface area contributed by atoms with Crippen molar-refractivity contribution in [3.63, 3.8) is 0 Å². The average molecular weight is 323 g/mol. The summed E-state index contributed by atoms with van der Waals surface area (Å²) in [7, 11) is 1.39. The lowest BCUT2D eigenvalue weighted by atomic mass is 10.1. The van der Waals surface area contributed by atoms with Gasteiger partial charge in [-0.2, -0.15) is 0 Å². The highest BCUT2D eigenvalue weighted by atomic mass is 16.7. The molecular formula is C16H25N3O4. The highest BCUT2D eigenvalue weighted by molar-refractivity contribution is 5.76. The molecule has 0 radical (unpaired) electrons. The van der Waals surface area contributed by atoms with Crippen LogP contribution in [0.2, 0.25) is 0 Å². The molecule has 7 nitrogen and oxygen atoms in total. The van der Waals surface area contributed by atoms with Crippen LogP contribution in [0.4, 0.5) is 0 Å². The van der Waals surface area contributed by atoms with Crippen LogP contribution in [-0.2, 0) is 25.8 Å². The molecule has 0 fully saturated rings. The summed E-state index contributed by atoms with van der Waals surface area (Å²) in [6.07, 6.45) is 2.15. The number of carbonyl (C=O) groups excluding carboxylic acids is 1. The molecule has 4 N–H and O–H groups in total. The van der Waals surface area contributed by atoms with Crippen molar-refractivity contribution in [3.05, 3.63) is 48.4 Å². The monoisotopic (exact) mass is 323 g/mol. The van der Waals surface area contributed by atoms with Crippen LogP contribution < -0.4 is 16.7 Å². The number of ether oxygens (including phenoxy) is 1. The van der Waals surface area contributed by atoms with Gasteiger partial charge in [-0.3, -0.25) is 9.68 Å². The van der Waals surface area contributed by atoms with Gasteiger partial charge in [0.15, 0.2) is 0 Å². The molecule has 0 saturated heterocycles. The van der Waals surface area contributed by atoms with Crippen LogP contribution in [0.5, 0.6) is 0 Å². The molecule has 0 aromatic heterocycles. The van der Waals surface area contributed by atoms with Gasteiger partial charge in [0.05, 0.1) is 13.7 Å². The summed E-state index contributed by atoms with van der Waals surface area (Å²) in [5.41, 5.74) is 12.1. The van der Waals surface area contributed by atoms with Crippen LogP contribution in [0.15, 0.2) is 42.8 Å². The maximum atomic E-state index is 11.6. The molecule has 0 saturated carbocycles. The van der Waals surface area contributed by atoms with Crippen molar-refractivity contribution in [1.29, 1.82) is 0 Å². The molecule has 1 aromatic rings. The fraction of sp³-hybridized carbons (Fsp3) is 0.438. The number of hydrogen-bond donors (Lipinski definition) is 3. The van der Waals surface area contributed by atoms with Crippen LogP contribution in [0, 0.1) is 0 Å². The molecule has 0 spiro atoms. The minimum atomic E-state index is -0.685. The van der Waals surface area contributed by atoms with Crippen LogP contribution >= 0.6 is 0 Å². The van der Waals surface area contributed by atoms with Crippen LogP contribution in [0.25, 0.3) is 0 Å². The van der Waals surface area contributed by atoms with E-state index < -0.39 is 12.0 Å². The third-order valence-corrected chi connectivity index (χ3v) is 2.97. The zero-order chi connectivity index (χ0) is 16.9. The molecule has 0 aliphatic rings. The minimum Gasteiger partial charge on any atom is -0.407 e. The van der Waals surface area contributed by atoms with E-state index in [1.54, 1.807) is 0 Å². The number of nitrogens with one attached hydrogen (secondary N) is 2. The molecule has 1 rings (SSSR count). The largest absolute Gasteiger partial charge is 0.407 e. The first-order valence-electron chi connectivity index (χ1n) is 7.47. The third-order valence-electron chi connectivity index (χ3n) is 2.97. The first-order chi connectivity index (χ1) is 11.1. The van der Waals surface area contributed by atoms with Crippen molar-refractivity contribution >= 4 is 5.97 Å². The number of benzene rings is 1. The van der Waals surface area contributed by atoms with Crippen molar-refractivity contribution < 1.29 is 19.2 Å². The van der Waals surface area contributed by atoms with Crippen molar-refractivity contribution in [2.24, 2.45) is 5.73 Å². The Labute approximate surface area is 136 Å². The molecule has 0 aliphatic heterocycles. The lowest BCUT2D eigenvalue weighted by Crippen LogP contribution is -2.33. The number of carbonyl (C=O) groups is 1. The summed E-state index contributed by atoms with van der Waals surface area (Å²) in [6, 6.07) is 9.21. The Morgan fingerprint density at radius 3 is 2.74 bits per heavy atom. The lowest BCUT2D eigenvalue weighted by molar-refractivity contribution is -0.143. The van der Waals surface area contributed by atoms with E-state index in [9.17, 15) is 4.79 Å². The summed E-state index contributed by atoms with van der Waals surface area (Å²) in [6.45, 7) is 4.66. The van der Waals surface area contributed by atoms with E-state index in [-0.39, 0.29) is 5.88 Å². The van der Waals surface area contributed by atoms with Crippen LogP contribution in [-0.4, -0.2) is 25.7 Å². The van der Waals surface area contributed by atoms with Gasteiger partial charge in [-0.05, 0) is 31.4 Å². The molecule has 1 aromatic carbocycles. The lowest BCUT2D eigenvalue weighted by Gasteiger charge is -2.12. The van der Waals surface area contributed by atoms with E-state index in [4.69, 9.17) is 15.3 Å². The highest BCUT2D eigenvalue weighted by Crippen LogP contribution is 2.03. The average Bonchev–Trinajstić information content (AvgIpc) is 2.54. The Balaban J connectivity index is 2.01. The maximum absolute atomic E-state index is 11.6. The molecule has 0 aliphatic carbocycles. The van der Waals surface area contributed by atoms with Crippen molar-refractivity contribution in [3.8, 4) is 0 Å². The standard InChI is InChI=1S/C16H25N3O4/c1-13(19-21-2)23-16(20)15(17)10-6-7-11-18-22-12-14-8-4-3-5-9-14/h3-5,8-9,15,18-19H,1,6-7,10-12,17H2,2H3/t15-/m0/s1. The number of rotatable bonds is 12. The Hall–Kier alpha value is -1.93. The predicted molar refractivity (Wildman–Crippen MR) is 86.4 cm³/mol. The summed E-state index contributed by atoms with van der Waals surface area (Å²) >= 11 is 0. The molecule has 128 valence electrons. The van der Waals surface area contributed by atoms with E-state index in [2.05, 4.69) is 22.4 Å². The third kappa shape index (κ3) is 8.94. The van der Waals surface area contributed by atoms with Crippen LogP contribution in [0.1, 0.15) is 24.8 Å². The Kier molecular flexibility index (Phi) is 9.65. The molecule has 0 amide bonds. The number of nitrogens with two attached hydrogens (primary N) is 1. The number of esters is 1. The summed E-state index contributed by atoms with van der Waals surface area (Å²) < 4.78 is 4.86. The first-order valence-corrected chi connectivity index (χ1v) is 7.47. The topological polar surface area (TPSA) is 94.8 Å². The zero-order valence-electron chi connectivity index (χ0n) is 13.4. The molecule has 0 heterocycles. The summed E-state index contributed by atoms with van der Waals surface area (Å²) in [4.78, 5) is 21.5. The Bertz CT molecular complexity index is 468. The predicted octanol–water partition coefficient (Wildman–Crippen LogP) is 1.37. The normalized spacial score (nSPS) is 11.7. The van der Waals surface area contributed by atoms with E-state index in [0.29, 0.717) is 19.6 Å². The van der Waals surface area contributed by atoms with E-state index >= 15 is 0 Å². The second-order valence-electron chi connectivity index (χ2n) is 4.92. The van der Waals surface area contributed by atoms with Gasteiger partial charge in [0.1, 0.15) is 6.04 Å². The summed E-state index contributed by atoms with van der Waals surface area (Å²) in [5, 5.41) is 0. The van der Waals surface area contributed by atoms with Gasteiger partial charge >= 0.3 is 5.97 Å². The number of hydrogen-bond acceptors (Lipinski definition) is 7. The molecular weight excluding hydrogens is 298 g/mol. The van der Waals surface area contributed by atoms with Crippen LogP contribution in [0.3, 0.4) is 0 Å². The molecule has 0 bridgehead atoms. The maximum Gasteiger partial charge on any atom is 0.329 e. The van der Waals surface area contributed by atoms with Crippen molar-refractivity contribution in [2.75, 3.05) is 13.7 Å². The molecule has 7 heteroatoms. The van der Waals surface area contributed by atoms with Gasteiger partial charge < -0.3 is 10.5 Å². The van der Waals surface area contributed by atoms with E-state index in [1.807, 2.05) is 30.3 Å². The quantitative estimate of drug-likeness (QED) is 0.231. The summed E-state index contributed by atoms with van der Waals surface area (Å²) in [5.74, 6) is -0.517. The van der Waals surface area contributed by atoms with Gasteiger partial charge in [-0.15, -0.1) is 0 Å². The molecule has 1 atom stereocenters. The van der Waals surface area contributed by atoms with Crippen molar-refractivity contribution in [2.45, 2.75) is 31.9 Å². The van der Waals surface area contributed by atoms with Crippen molar-refractivity contribution in [1.82, 2.24) is 11.0 Å². The van der Waals surface area contributed by atoms with Gasteiger partial charge in [0.2, 0.25) is 5.88 Å². The van der Waals surface area contributed by atoms with Gasteiger partial charge in [-0.25, -0.2) is 15.8 Å². The second-order valence-corrected chi connectivity index (χ2v) is 4.92. The Morgan fingerprint density at radius 2 is 2.04 bits per heavy atom. The second kappa shape index (κ2) is 11.6. The van der Waals surface area contributed by atoms with Gasteiger partial charge in [-0.1, -0.05) is 30.3 Å². The fourth-order valence-electron chi connectivity index (χ4n) is 1.79. The highest BCUT2D eigenvalue weighted by Gasteiger charge is 2.15. The molecule has 23 heavy (non-hydrogen) atoms. The van der Waals surface area contributed by atoms with Gasteiger partial charge in [0, 0.05) is 6.54 Å². The fourth-order valence-corrected chi connectivity index (χ4v) is 1.79. The molecule has 0 unspecified atom stereocenters. The number of hydroxylamine groups is 2. The Morgan fingerprint density at radius 1 is 1.30 bits per heavy atom. The minimum absolute atomic E-state index is 0.0175. The SMILES string of the molecule is C=C(NOC)OC(=O)[C@@H](N)CCCCNOCc1ccccc1.